The zero-order valence-corrected chi connectivity index (χ0v) is 11.5. The molecule has 0 heterocycles. The van der Waals surface area contributed by atoms with Crippen LogP contribution in [0.1, 0.15) is 45.4 Å². The molecule has 1 atom stereocenters. The molecular weight excluding hydrogens is 250 g/mol. The van der Waals surface area contributed by atoms with Gasteiger partial charge in [0.05, 0.1) is 10.4 Å². The number of amides is 2. The monoisotopic (exact) mass is 271 g/mol. The lowest BCUT2D eigenvalue weighted by molar-refractivity contribution is -0.129. The molecule has 0 aromatic rings. The Kier molecular flexibility index (Phi) is 5.07. The number of hydrogen-bond acceptors (Lipinski definition) is 3. The van der Waals surface area contributed by atoms with Gasteiger partial charge in [-0.25, -0.2) is 0 Å². The first-order chi connectivity index (χ1) is 8.38. The normalized spacial score (nSPS) is 19.8. The maximum Gasteiger partial charge on any atom is 0.233 e. The molecule has 0 aromatic carbocycles. The van der Waals surface area contributed by atoms with Gasteiger partial charge in [-0.1, -0.05) is 31.5 Å². The predicted molar refractivity (Wildman–Crippen MR) is 73.7 cm³/mol. The van der Waals surface area contributed by atoms with Crippen molar-refractivity contribution >= 4 is 29.0 Å². The van der Waals surface area contributed by atoms with Gasteiger partial charge in [-0.2, -0.15) is 0 Å². The molecule has 18 heavy (non-hydrogen) atoms. The van der Waals surface area contributed by atoms with Crippen LogP contribution in [-0.4, -0.2) is 22.8 Å². The molecule has 1 aliphatic carbocycles. The van der Waals surface area contributed by atoms with Crippen molar-refractivity contribution in [3.63, 3.8) is 0 Å². The maximum atomic E-state index is 12.3. The highest BCUT2D eigenvalue weighted by molar-refractivity contribution is 7.80. The van der Waals surface area contributed by atoms with E-state index in [4.69, 9.17) is 23.7 Å². The zero-order valence-electron chi connectivity index (χ0n) is 10.7. The summed E-state index contributed by atoms with van der Waals surface area (Å²) < 4.78 is 0. The lowest BCUT2D eigenvalue weighted by atomic mass is 9.73. The number of nitrogens with two attached hydrogens (primary N) is 2. The third kappa shape index (κ3) is 3.41. The molecule has 0 radical (unpaired) electrons. The third-order valence-electron chi connectivity index (χ3n) is 3.50. The van der Waals surface area contributed by atoms with Crippen LogP contribution < -0.4 is 16.8 Å². The molecule has 1 fully saturated rings. The Morgan fingerprint density at radius 3 is 2.28 bits per heavy atom. The fourth-order valence-electron chi connectivity index (χ4n) is 2.46. The molecule has 1 saturated carbocycles. The van der Waals surface area contributed by atoms with Crippen LogP contribution in [0.4, 0.5) is 0 Å². The maximum absolute atomic E-state index is 12.3. The summed E-state index contributed by atoms with van der Waals surface area (Å²) in [5.41, 5.74) is 10.1. The van der Waals surface area contributed by atoms with E-state index in [0.717, 1.165) is 19.3 Å². The lowest BCUT2D eigenvalue weighted by Crippen LogP contribution is -2.52. The van der Waals surface area contributed by atoms with Crippen LogP contribution in [0, 0.1) is 5.41 Å². The van der Waals surface area contributed by atoms with Gasteiger partial charge >= 0.3 is 0 Å². The summed E-state index contributed by atoms with van der Waals surface area (Å²) >= 11 is 5.07. The van der Waals surface area contributed by atoms with Crippen molar-refractivity contribution in [3.8, 4) is 0 Å². The molecule has 0 bridgehead atoms. The van der Waals surface area contributed by atoms with Crippen LogP contribution in [0.15, 0.2) is 0 Å². The highest BCUT2D eigenvalue weighted by atomic mass is 32.1. The minimum absolute atomic E-state index is 0.124. The Balaban J connectivity index is 2.71. The number of primary amides is 1. The minimum Gasteiger partial charge on any atom is -0.392 e. The Morgan fingerprint density at radius 1 is 1.28 bits per heavy atom. The molecule has 6 heteroatoms. The van der Waals surface area contributed by atoms with Gasteiger partial charge in [-0.15, -0.1) is 0 Å². The molecule has 0 spiro atoms. The number of rotatable bonds is 5. The molecule has 1 aliphatic rings. The van der Waals surface area contributed by atoms with Crippen molar-refractivity contribution in [2.24, 2.45) is 16.9 Å². The first-order valence-corrected chi connectivity index (χ1v) is 6.68. The number of hydrogen-bond donors (Lipinski definition) is 3. The van der Waals surface area contributed by atoms with Gasteiger partial charge in [0.15, 0.2) is 0 Å². The largest absolute Gasteiger partial charge is 0.392 e. The first kappa shape index (κ1) is 14.9. The second kappa shape index (κ2) is 6.13. The molecule has 5 N–H and O–H groups in total. The van der Waals surface area contributed by atoms with E-state index in [1.165, 1.54) is 0 Å². The van der Waals surface area contributed by atoms with Gasteiger partial charge in [0.2, 0.25) is 11.8 Å². The smallest absolute Gasteiger partial charge is 0.233 e. The summed E-state index contributed by atoms with van der Waals surface area (Å²) in [7, 11) is 0. The standard InChI is InChI=1S/C12H21N3O2S/c1-8(7-9(13)16)15-11(17)12(10(14)18)5-3-2-4-6-12/h8H,2-7H2,1H3,(H2,13,16)(H2,14,18)(H,15,17). The quantitative estimate of drug-likeness (QED) is 0.638. The Labute approximate surface area is 113 Å². The van der Waals surface area contributed by atoms with Gasteiger partial charge in [0, 0.05) is 12.5 Å². The summed E-state index contributed by atoms with van der Waals surface area (Å²) in [6.07, 6.45) is 4.52. The molecule has 0 saturated heterocycles. The van der Waals surface area contributed by atoms with Gasteiger partial charge < -0.3 is 16.8 Å². The van der Waals surface area contributed by atoms with Gasteiger partial charge in [0.25, 0.3) is 0 Å². The molecule has 1 unspecified atom stereocenters. The number of carbonyl (C=O) groups is 2. The van der Waals surface area contributed by atoms with Crippen LogP contribution in [0.25, 0.3) is 0 Å². The highest BCUT2D eigenvalue weighted by Crippen LogP contribution is 2.37. The zero-order chi connectivity index (χ0) is 13.8. The molecule has 5 nitrogen and oxygen atoms in total. The molecule has 0 aromatic heterocycles. The summed E-state index contributed by atoms with van der Waals surface area (Å²) in [5.74, 6) is -0.598. The van der Waals surface area contributed by atoms with Crippen LogP contribution in [0.2, 0.25) is 0 Å². The summed E-state index contributed by atoms with van der Waals surface area (Å²) in [4.78, 5) is 23.4. The lowest BCUT2D eigenvalue weighted by Gasteiger charge is -2.35. The van der Waals surface area contributed by atoms with Crippen molar-refractivity contribution in [2.45, 2.75) is 51.5 Å². The van der Waals surface area contributed by atoms with E-state index in [0.29, 0.717) is 12.8 Å². The van der Waals surface area contributed by atoms with E-state index in [-0.39, 0.29) is 23.4 Å². The predicted octanol–water partition coefficient (Wildman–Crippen LogP) is 0.603. The van der Waals surface area contributed by atoms with Crippen molar-refractivity contribution < 1.29 is 9.59 Å². The second-order valence-corrected chi connectivity index (χ2v) is 5.49. The summed E-state index contributed by atoms with van der Waals surface area (Å²) in [5, 5.41) is 2.80. The Bertz CT molecular complexity index is 351. The summed E-state index contributed by atoms with van der Waals surface area (Å²) in [6.45, 7) is 1.75. The topological polar surface area (TPSA) is 98.2 Å². The van der Waals surface area contributed by atoms with Crippen molar-refractivity contribution in [3.05, 3.63) is 0 Å². The number of carbonyl (C=O) groups excluding carboxylic acids is 2. The third-order valence-corrected chi connectivity index (χ3v) is 3.89. The average Bonchev–Trinajstić information content (AvgIpc) is 2.28. The van der Waals surface area contributed by atoms with Crippen LogP contribution in [0.3, 0.4) is 0 Å². The minimum atomic E-state index is -0.737. The summed E-state index contributed by atoms with van der Waals surface area (Å²) in [6, 6.07) is -0.289. The molecule has 102 valence electrons. The van der Waals surface area contributed by atoms with E-state index < -0.39 is 11.3 Å². The average molecular weight is 271 g/mol. The molecular formula is C12H21N3O2S. The highest BCUT2D eigenvalue weighted by Gasteiger charge is 2.42. The molecule has 1 rings (SSSR count). The second-order valence-electron chi connectivity index (χ2n) is 5.05. The fourth-order valence-corrected chi connectivity index (χ4v) is 2.75. The van der Waals surface area contributed by atoms with E-state index in [1.807, 2.05) is 0 Å². The van der Waals surface area contributed by atoms with E-state index in [1.54, 1.807) is 6.92 Å². The van der Waals surface area contributed by atoms with Crippen LogP contribution >= 0.6 is 12.2 Å². The van der Waals surface area contributed by atoms with Gasteiger partial charge in [-0.05, 0) is 19.8 Å². The SMILES string of the molecule is CC(CC(N)=O)NC(=O)C1(C(N)=S)CCCCC1. The molecule has 0 aliphatic heterocycles. The number of nitrogens with one attached hydrogen (secondary N) is 1. The Morgan fingerprint density at radius 2 is 1.83 bits per heavy atom. The van der Waals surface area contributed by atoms with Gasteiger partial charge in [-0.3, -0.25) is 9.59 Å². The van der Waals surface area contributed by atoms with Crippen LogP contribution in [0.5, 0.6) is 0 Å². The molecule has 2 amide bonds. The van der Waals surface area contributed by atoms with Crippen molar-refractivity contribution in [1.82, 2.24) is 5.32 Å². The van der Waals surface area contributed by atoms with E-state index in [2.05, 4.69) is 5.32 Å². The first-order valence-electron chi connectivity index (χ1n) is 6.27. The Hall–Kier alpha value is -1.17. The van der Waals surface area contributed by atoms with Crippen molar-refractivity contribution in [1.29, 1.82) is 0 Å². The van der Waals surface area contributed by atoms with E-state index >= 15 is 0 Å². The fraction of sp³-hybridized carbons (Fsp3) is 0.750. The van der Waals surface area contributed by atoms with Crippen molar-refractivity contribution in [2.75, 3.05) is 0 Å². The van der Waals surface area contributed by atoms with E-state index in [9.17, 15) is 9.59 Å². The van der Waals surface area contributed by atoms with Crippen LogP contribution in [-0.2, 0) is 9.59 Å². The van der Waals surface area contributed by atoms with Gasteiger partial charge in [0.1, 0.15) is 0 Å². The number of thiocarbonyl (C=S) groups is 1.